The third kappa shape index (κ3) is 4.12. The topological polar surface area (TPSA) is 55.7 Å². The third-order valence-corrected chi connectivity index (χ3v) is 5.91. The van der Waals surface area contributed by atoms with E-state index >= 15 is 0 Å². The van der Waals surface area contributed by atoms with E-state index in [9.17, 15) is 4.79 Å². The van der Waals surface area contributed by atoms with Crippen LogP contribution in [0.5, 0.6) is 11.6 Å². The predicted molar refractivity (Wildman–Crippen MR) is 110 cm³/mol. The zero-order chi connectivity index (χ0) is 19.3. The largest absolute Gasteiger partial charge is 0.476 e. The van der Waals surface area contributed by atoms with Gasteiger partial charge in [0.05, 0.1) is 12.1 Å². The third-order valence-electron chi connectivity index (χ3n) is 5.91. The van der Waals surface area contributed by atoms with Gasteiger partial charge in [-0.3, -0.25) is 0 Å². The van der Waals surface area contributed by atoms with E-state index in [0.717, 1.165) is 49.8 Å². The van der Waals surface area contributed by atoms with Gasteiger partial charge in [-0.1, -0.05) is 25.5 Å². The summed E-state index contributed by atoms with van der Waals surface area (Å²) in [4.78, 5) is 15.0. The van der Waals surface area contributed by atoms with Gasteiger partial charge in [-0.25, -0.2) is 4.79 Å². The first-order chi connectivity index (χ1) is 13.8. The minimum Gasteiger partial charge on any atom is -0.476 e. The van der Waals surface area contributed by atoms with E-state index in [-0.39, 0.29) is 6.09 Å². The molecule has 2 aliphatic heterocycles. The van der Waals surface area contributed by atoms with Crippen molar-refractivity contribution in [3.8, 4) is 11.6 Å². The van der Waals surface area contributed by atoms with Crippen molar-refractivity contribution in [1.82, 2.24) is 14.8 Å². The molecule has 0 radical (unpaired) electrons. The molecule has 0 bridgehead atoms. The molecule has 0 aliphatic carbocycles. The summed E-state index contributed by atoms with van der Waals surface area (Å²) < 4.78 is 13.7. The number of para-hydroxylation sites is 1. The minimum atomic E-state index is -0.387. The van der Waals surface area contributed by atoms with Crippen molar-refractivity contribution in [1.29, 1.82) is 0 Å². The molecule has 1 fully saturated rings. The van der Waals surface area contributed by atoms with Gasteiger partial charge in [-0.05, 0) is 63.4 Å². The van der Waals surface area contributed by atoms with Crippen LogP contribution in [0.25, 0.3) is 10.9 Å². The Kier molecular flexibility index (Phi) is 6.05. The monoisotopic (exact) mass is 385 g/mol. The molecule has 6 nitrogen and oxygen atoms in total. The number of carbonyl (C=O) groups excluding carboxylic acids is 1. The number of piperidine rings is 1. The van der Waals surface area contributed by atoms with Gasteiger partial charge in [0.15, 0.2) is 0 Å². The Morgan fingerprint density at radius 1 is 1.25 bits per heavy atom. The molecular weight excluding hydrogens is 354 g/mol. The Bertz CT molecular complexity index is 809. The first-order valence-electron chi connectivity index (χ1n) is 10.7. The summed E-state index contributed by atoms with van der Waals surface area (Å²) in [5.74, 6) is 1.75. The van der Waals surface area contributed by atoms with Crippen LogP contribution < -0.4 is 14.8 Å². The van der Waals surface area contributed by atoms with Crippen molar-refractivity contribution in [2.24, 2.45) is 5.92 Å². The van der Waals surface area contributed by atoms with Crippen LogP contribution in [0.15, 0.2) is 24.3 Å². The SMILES string of the molecule is CCCCN1CCC(CNC(=O)Oc2c3n(c4ccccc24)CCCO3)CC1. The lowest BCUT2D eigenvalue weighted by Crippen LogP contribution is -2.39. The molecular formula is C22H31N3O3. The fraction of sp³-hybridized carbons (Fsp3) is 0.591. The molecule has 0 atom stereocenters. The second kappa shape index (κ2) is 8.86. The van der Waals surface area contributed by atoms with Crippen LogP contribution in [-0.4, -0.2) is 48.3 Å². The standard InChI is InChI=1S/C22H31N3O3/c1-2-3-11-24-13-9-17(10-14-24)16-23-22(26)28-20-18-7-4-5-8-19(18)25-12-6-15-27-21(20)25/h4-5,7-8,17H,2-3,6,9-16H2,1H3,(H,23,26). The molecule has 3 heterocycles. The molecule has 1 aromatic carbocycles. The lowest BCUT2D eigenvalue weighted by Gasteiger charge is -2.31. The number of likely N-dealkylation sites (tertiary alicyclic amines) is 1. The van der Waals surface area contributed by atoms with Gasteiger partial charge in [-0.2, -0.15) is 0 Å². The van der Waals surface area contributed by atoms with E-state index in [4.69, 9.17) is 9.47 Å². The number of nitrogens with one attached hydrogen (secondary N) is 1. The molecule has 0 saturated carbocycles. The Balaban J connectivity index is 1.34. The normalized spacial score (nSPS) is 17.9. The highest BCUT2D eigenvalue weighted by Crippen LogP contribution is 2.41. The highest BCUT2D eigenvalue weighted by Gasteiger charge is 2.25. The zero-order valence-corrected chi connectivity index (χ0v) is 16.8. The van der Waals surface area contributed by atoms with E-state index in [0.29, 0.717) is 30.7 Å². The van der Waals surface area contributed by atoms with E-state index in [1.807, 2.05) is 24.3 Å². The van der Waals surface area contributed by atoms with Gasteiger partial charge >= 0.3 is 6.09 Å². The fourth-order valence-electron chi connectivity index (χ4n) is 4.26. The van der Waals surface area contributed by atoms with E-state index in [1.165, 1.54) is 19.4 Å². The van der Waals surface area contributed by atoms with Gasteiger partial charge in [0.25, 0.3) is 0 Å². The molecule has 1 amide bonds. The quantitative estimate of drug-likeness (QED) is 0.816. The highest BCUT2D eigenvalue weighted by atomic mass is 16.6. The lowest BCUT2D eigenvalue weighted by molar-refractivity contribution is 0.170. The van der Waals surface area contributed by atoms with Gasteiger partial charge in [-0.15, -0.1) is 0 Å². The molecule has 152 valence electrons. The summed E-state index contributed by atoms with van der Waals surface area (Å²) in [5, 5.41) is 3.91. The predicted octanol–water partition coefficient (Wildman–Crippen LogP) is 4.02. The average Bonchev–Trinajstić information content (AvgIpc) is 3.05. The Morgan fingerprint density at radius 3 is 2.89 bits per heavy atom. The highest BCUT2D eigenvalue weighted by molar-refractivity contribution is 5.92. The molecule has 4 rings (SSSR count). The Morgan fingerprint density at radius 2 is 2.07 bits per heavy atom. The number of fused-ring (bicyclic) bond motifs is 3. The Labute approximate surface area is 166 Å². The van der Waals surface area contributed by atoms with Crippen LogP contribution in [0.3, 0.4) is 0 Å². The van der Waals surface area contributed by atoms with Crippen LogP contribution in [0.2, 0.25) is 0 Å². The molecule has 1 saturated heterocycles. The van der Waals surface area contributed by atoms with Crippen LogP contribution >= 0.6 is 0 Å². The number of carbonyl (C=O) groups is 1. The maximum Gasteiger partial charge on any atom is 0.412 e. The van der Waals surface area contributed by atoms with E-state index in [2.05, 4.69) is 21.7 Å². The lowest BCUT2D eigenvalue weighted by atomic mass is 9.97. The number of ether oxygens (including phenoxy) is 2. The Hall–Kier alpha value is -2.21. The number of aromatic nitrogens is 1. The molecule has 0 spiro atoms. The molecule has 2 aliphatic rings. The van der Waals surface area contributed by atoms with Crippen molar-refractivity contribution >= 4 is 17.0 Å². The summed E-state index contributed by atoms with van der Waals surface area (Å²) in [6.07, 6.45) is 5.37. The number of aryl methyl sites for hydroxylation is 1. The number of benzene rings is 1. The number of unbranched alkanes of at least 4 members (excludes halogenated alkanes) is 1. The van der Waals surface area contributed by atoms with Crippen LogP contribution in [0.4, 0.5) is 4.79 Å². The summed E-state index contributed by atoms with van der Waals surface area (Å²) >= 11 is 0. The van der Waals surface area contributed by atoms with Gasteiger partial charge < -0.3 is 24.3 Å². The molecule has 6 heteroatoms. The summed E-state index contributed by atoms with van der Waals surface area (Å²) in [6, 6.07) is 8.00. The van der Waals surface area contributed by atoms with Crippen molar-refractivity contribution in [3.05, 3.63) is 24.3 Å². The van der Waals surface area contributed by atoms with Crippen molar-refractivity contribution in [2.45, 2.75) is 45.6 Å². The first kappa shape index (κ1) is 19.1. The second-order valence-electron chi connectivity index (χ2n) is 7.91. The van der Waals surface area contributed by atoms with Crippen molar-refractivity contribution in [2.75, 3.05) is 32.8 Å². The zero-order valence-electron chi connectivity index (χ0n) is 16.8. The number of hydrogen-bond donors (Lipinski definition) is 1. The second-order valence-corrected chi connectivity index (χ2v) is 7.91. The first-order valence-corrected chi connectivity index (χ1v) is 10.7. The molecule has 2 aromatic rings. The van der Waals surface area contributed by atoms with Crippen molar-refractivity contribution in [3.63, 3.8) is 0 Å². The van der Waals surface area contributed by atoms with E-state index in [1.54, 1.807) is 0 Å². The maximum absolute atomic E-state index is 12.5. The number of nitrogens with zero attached hydrogens (tertiary/aromatic N) is 2. The number of amides is 1. The van der Waals surface area contributed by atoms with E-state index < -0.39 is 0 Å². The van der Waals surface area contributed by atoms with Crippen LogP contribution in [0.1, 0.15) is 39.0 Å². The molecule has 0 unspecified atom stereocenters. The minimum absolute atomic E-state index is 0.387. The molecule has 28 heavy (non-hydrogen) atoms. The molecule has 1 aromatic heterocycles. The number of hydrogen-bond acceptors (Lipinski definition) is 4. The van der Waals surface area contributed by atoms with Crippen LogP contribution in [0, 0.1) is 5.92 Å². The van der Waals surface area contributed by atoms with Gasteiger partial charge in [0.1, 0.15) is 0 Å². The summed E-state index contributed by atoms with van der Waals surface area (Å²) in [6.45, 7) is 7.92. The number of rotatable bonds is 6. The van der Waals surface area contributed by atoms with Gasteiger partial charge in [0, 0.05) is 18.5 Å². The average molecular weight is 386 g/mol. The molecule has 1 N–H and O–H groups in total. The fourth-order valence-corrected chi connectivity index (χ4v) is 4.26. The van der Waals surface area contributed by atoms with Crippen molar-refractivity contribution < 1.29 is 14.3 Å². The van der Waals surface area contributed by atoms with Gasteiger partial charge in [0.2, 0.25) is 11.6 Å². The maximum atomic E-state index is 12.5. The van der Waals surface area contributed by atoms with Crippen LogP contribution in [-0.2, 0) is 6.54 Å². The summed E-state index contributed by atoms with van der Waals surface area (Å²) in [7, 11) is 0. The summed E-state index contributed by atoms with van der Waals surface area (Å²) in [5.41, 5.74) is 1.06. The smallest absolute Gasteiger partial charge is 0.412 e.